The van der Waals surface area contributed by atoms with E-state index < -0.39 is 0 Å². The van der Waals surface area contributed by atoms with E-state index in [-0.39, 0.29) is 6.04 Å². The molecule has 0 fully saturated rings. The second kappa shape index (κ2) is 7.46. The van der Waals surface area contributed by atoms with Crippen LogP contribution in [0.5, 0.6) is 0 Å². The molecule has 124 valence electrons. The lowest BCUT2D eigenvalue weighted by Gasteiger charge is -2.28. The summed E-state index contributed by atoms with van der Waals surface area (Å²) in [5.41, 5.74) is 3.26. The molecule has 0 bridgehead atoms. The molecule has 0 spiro atoms. The van der Waals surface area contributed by atoms with E-state index in [2.05, 4.69) is 56.4 Å². The van der Waals surface area contributed by atoms with Gasteiger partial charge in [-0.3, -0.25) is 4.90 Å². The lowest BCUT2D eigenvalue weighted by Crippen LogP contribution is -2.27. The predicted octanol–water partition coefficient (Wildman–Crippen LogP) is 3.18. The van der Waals surface area contributed by atoms with E-state index in [1.54, 1.807) is 22.3 Å². The summed E-state index contributed by atoms with van der Waals surface area (Å²) in [6.07, 6.45) is 3.53. The molecule has 0 saturated carbocycles. The third kappa shape index (κ3) is 3.74. The number of tetrazole rings is 1. The lowest BCUT2D eigenvalue weighted by atomic mass is 10.1. The molecule has 0 aliphatic rings. The SMILES string of the molecule is C=CCN(Cc1csc(C)n1)[C@@H](C)c1cccc(-n2cnnn2)c1. The van der Waals surface area contributed by atoms with Crippen molar-refractivity contribution in [2.45, 2.75) is 26.4 Å². The van der Waals surface area contributed by atoms with Crippen molar-refractivity contribution in [2.75, 3.05) is 6.54 Å². The maximum absolute atomic E-state index is 4.58. The largest absolute Gasteiger partial charge is 0.287 e. The molecule has 2 aromatic heterocycles. The Labute approximate surface area is 145 Å². The monoisotopic (exact) mass is 340 g/mol. The van der Waals surface area contributed by atoms with Gasteiger partial charge in [0, 0.05) is 24.5 Å². The molecule has 6 nitrogen and oxygen atoms in total. The molecule has 1 aromatic carbocycles. The van der Waals surface area contributed by atoms with Gasteiger partial charge in [0.25, 0.3) is 0 Å². The summed E-state index contributed by atoms with van der Waals surface area (Å²) in [6.45, 7) is 9.72. The molecule has 0 radical (unpaired) electrons. The molecule has 1 atom stereocenters. The third-order valence-electron chi connectivity index (χ3n) is 3.91. The summed E-state index contributed by atoms with van der Waals surface area (Å²) in [6, 6.07) is 8.49. The van der Waals surface area contributed by atoms with Crippen LogP contribution in [0.3, 0.4) is 0 Å². The zero-order valence-corrected chi connectivity index (χ0v) is 14.6. The summed E-state index contributed by atoms with van der Waals surface area (Å²) in [5, 5.41) is 14.6. The Hall–Kier alpha value is -2.38. The highest BCUT2D eigenvalue weighted by Crippen LogP contribution is 2.24. The first-order valence-electron chi connectivity index (χ1n) is 7.76. The Bertz CT molecular complexity index is 795. The van der Waals surface area contributed by atoms with E-state index in [0.717, 1.165) is 29.5 Å². The van der Waals surface area contributed by atoms with Crippen LogP contribution in [0.4, 0.5) is 0 Å². The van der Waals surface area contributed by atoms with Crippen LogP contribution in [0.25, 0.3) is 5.69 Å². The van der Waals surface area contributed by atoms with Crippen molar-refractivity contribution in [1.82, 2.24) is 30.1 Å². The first-order valence-corrected chi connectivity index (χ1v) is 8.64. The van der Waals surface area contributed by atoms with Gasteiger partial charge >= 0.3 is 0 Å². The molecule has 24 heavy (non-hydrogen) atoms. The Balaban J connectivity index is 1.83. The number of aryl methyl sites for hydroxylation is 1. The molecule has 0 amide bonds. The lowest BCUT2D eigenvalue weighted by molar-refractivity contribution is 0.223. The van der Waals surface area contributed by atoms with Crippen molar-refractivity contribution in [3.05, 3.63) is 64.9 Å². The molecule has 3 rings (SSSR count). The van der Waals surface area contributed by atoms with Gasteiger partial charge in [-0.1, -0.05) is 18.2 Å². The van der Waals surface area contributed by atoms with Gasteiger partial charge in [-0.05, 0) is 42.0 Å². The smallest absolute Gasteiger partial charge is 0.143 e. The van der Waals surface area contributed by atoms with Gasteiger partial charge in [0.05, 0.1) is 16.4 Å². The molecular formula is C17H20N6S. The van der Waals surface area contributed by atoms with Crippen LogP contribution < -0.4 is 0 Å². The van der Waals surface area contributed by atoms with Crippen molar-refractivity contribution >= 4 is 11.3 Å². The third-order valence-corrected chi connectivity index (χ3v) is 4.73. The van der Waals surface area contributed by atoms with E-state index in [4.69, 9.17) is 0 Å². The highest BCUT2D eigenvalue weighted by molar-refractivity contribution is 7.09. The number of aromatic nitrogens is 5. The van der Waals surface area contributed by atoms with Crippen LogP contribution in [0.15, 0.2) is 48.6 Å². The van der Waals surface area contributed by atoms with Crippen molar-refractivity contribution in [2.24, 2.45) is 0 Å². The van der Waals surface area contributed by atoms with E-state index in [9.17, 15) is 0 Å². The number of rotatable bonds is 7. The van der Waals surface area contributed by atoms with Gasteiger partial charge in [-0.2, -0.15) is 0 Å². The fraction of sp³-hybridized carbons (Fsp3) is 0.294. The molecular weight excluding hydrogens is 320 g/mol. The summed E-state index contributed by atoms with van der Waals surface area (Å²) in [7, 11) is 0. The highest BCUT2D eigenvalue weighted by Gasteiger charge is 2.17. The first kappa shape index (κ1) is 16.5. The van der Waals surface area contributed by atoms with Crippen molar-refractivity contribution < 1.29 is 0 Å². The fourth-order valence-electron chi connectivity index (χ4n) is 2.63. The molecule has 0 saturated heterocycles. The van der Waals surface area contributed by atoms with Gasteiger partial charge < -0.3 is 0 Å². The Kier molecular flexibility index (Phi) is 5.12. The van der Waals surface area contributed by atoms with Crippen molar-refractivity contribution in [3.63, 3.8) is 0 Å². The van der Waals surface area contributed by atoms with Crippen LogP contribution in [-0.4, -0.2) is 36.6 Å². The average molecular weight is 340 g/mol. The molecule has 0 N–H and O–H groups in total. The normalized spacial score (nSPS) is 12.5. The number of nitrogens with zero attached hydrogens (tertiary/aromatic N) is 6. The number of hydrogen-bond donors (Lipinski definition) is 0. The van der Waals surface area contributed by atoms with Gasteiger partial charge in [-0.25, -0.2) is 9.67 Å². The average Bonchev–Trinajstić information content (AvgIpc) is 3.26. The van der Waals surface area contributed by atoms with Crippen LogP contribution in [-0.2, 0) is 6.54 Å². The van der Waals surface area contributed by atoms with Crippen LogP contribution in [0.2, 0.25) is 0 Å². The number of hydrogen-bond acceptors (Lipinski definition) is 6. The summed E-state index contributed by atoms with van der Waals surface area (Å²) >= 11 is 1.68. The van der Waals surface area contributed by atoms with Crippen molar-refractivity contribution in [3.8, 4) is 5.69 Å². The Morgan fingerprint density at radius 1 is 1.42 bits per heavy atom. The minimum absolute atomic E-state index is 0.224. The standard InChI is InChI=1S/C17H20N6S/c1-4-8-22(10-16-11-24-14(3)19-16)13(2)15-6-5-7-17(9-15)23-12-18-20-21-23/h4-7,9,11-13H,1,8,10H2,2-3H3/t13-/m0/s1. The minimum Gasteiger partial charge on any atom is -0.287 e. The van der Waals surface area contributed by atoms with Crippen LogP contribution >= 0.6 is 11.3 Å². The van der Waals surface area contributed by atoms with E-state index in [1.807, 2.05) is 25.1 Å². The zero-order chi connectivity index (χ0) is 16.9. The summed E-state index contributed by atoms with van der Waals surface area (Å²) < 4.78 is 1.66. The number of benzene rings is 1. The highest BCUT2D eigenvalue weighted by atomic mass is 32.1. The summed E-state index contributed by atoms with van der Waals surface area (Å²) in [5.74, 6) is 0. The molecule has 7 heteroatoms. The van der Waals surface area contributed by atoms with Gasteiger partial charge in [-0.15, -0.1) is 23.0 Å². The fourth-order valence-corrected chi connectivity index (χ4v) is 3.24. The van der Waals surface area contributed by atoms with E-state index >= 15 is 0 Å². The van der Waals surface area contributed by atoms with E-state index in [1.165, 1.54) is 5.56 Å². The quantitative estimate of drug-likeness (QED) is 0.618. The van der Waals surface area contributed by atoms with Gasteiger partial charge in [0.2, 0.25) is 0 Å². The maximum atomic E-state index is 4.58. The van der Waals surface area contributed by atoms with Crippen molar-refractivity contribution in [1.29, 1.82) is 0 Å². The predicted molar refractivity (Wildman–Crippen MR) is 95.0 cm³/mol. The minimum atomic E-state index is 0.224. The van der Waals surface area contributed by atoms with Gasteiger partial charge in [0.1, 0.15) is 6.33 Å². The van der Waals surface area contributed by atoms with E-state index in [0.29, 0.717) is 0 Å². The van der Waals surface area contributed by atoms with Gasteiger partial charge in [0.15, 0.2) is 0 Å². The Morgan fingerprint density at radius 2 is 2.29 bits per heavy atom. The maximum Gasteiger partial charge on any atom is 0.143 e. The van der Waals surface area contributed by atoms with Crippen LogP contribution in [0, 0.1) is 6.92 Å². The molecule has 0 unspecified atom stereocenters. The molecule has 2 heterocycles. The molecule has 0 aliphatic carbocycles. The first-order chi connectivity index (χ1) is 11.7. The zero-order valence-electron chi connectivity index (χ0n) is 13.8. The Morgan fingerprint density at radius 3 is 2.96 bits per heavy atom. The number of thiazole rings is 1. The summed E-state index contributed by atoms with van der Waals surface area (Å²) in [4.78, 5) is 6.93. The second-order valence-electron chi connectivity index (χ2n) is 5.60. The molecule has 0 aliphatic heterocycles. The topological polar surface area (TPSA) is 59.7 Å². The molecule has 3 aromatic rings. The second-order valence-corrected chi connectivity index (χ2v) is 6.66. The van der Waals surface area contributed by atoms with Crippen LogP contribution in [0.1, 0.15) is 29.2 Å².